The van der Waals surface area contributed by atoms with E-state index in [1.165, 1.54) is 141 Å². The number of hydrogen-bond donors (Lipinski definition) is 8. The number of amides is 3. The van der Waals surface area contributed by atoms with Crippen LogP contribution in [0, 0.1) is 0 Å². The first-order chi connectivity index (χ1) is 52.9. The lowest BCUT2D eigenvalue weighted by Gasteiger charge is -2.24. The third-order valence-corrected chi connectivity index (χ3v) is 21.5. The Morgan fingerprint density at radius 3 is 1.18 bits per heavy atom. The molecule has 8 N–H and O–H groups in total. The fraction of sp³-hybridized carbons (Fsp3) is 0.906. The zero-order valence-corrected chi connectivity index (χ0v) is 71.9. The summed E-state index contributed by atoms with van der Waals surface area (Å²) in [5, 5.41) is 33.0. The lowest BCUT2D eigenvalue weighted by atomic mass is 10.0. The lowest BCUT2D eigenvalue weighted by Crippen LogP contribution is -2.44. The number of hydrogen-bond acceptors (Lipinski definition) is 17. The fourth-order valence-electron chi connectivity index (χ4n) is 12.8. The van der Waals surface area contributed by atoms with Crippen molar-refractivity contribution in [2.45, 2.75) is 431 Å². The fourth-order valence-corrected chi connectivity index (χ4v) is 14.4. The molecule has 0 aliphatic carbocycles. The van der Waals surface area contributed by atoms with Gasteiger partial charge >= 0.3 is 21.6 Å². The van der Waals surface area contributed by atoms with Gasteiger partial charge in [-0.1, -0.05) is 291 Å². The van der Waals surface area contributed by atoms with Crippen LogP contribution in [-0.2, 0) is 65.4 Å². The number of carbonyl (C=O) groups is 4. The molecule has 0 saturated carbocycles. The molecular formula is C85H166N4O18P2. The molecule has 0 rings (SSSR count). The van der Waals surface area contributed by atoms with Crippen molar-refractivity contribution >= 4 is 39.3 Å². The van der Waals surface area contributed by atoms with E-state index in [1.54, 1.807) is 0 Å². The van der Waals surface area contributed by atoms with Gasteiger partial charge in [0.05, 0.1) is 64.4 Å². The number of ether oxygens (including phenoxy) is 4. The number of carbonyl (C=O) groups excluding carboxylic acids is 4. The molecule has 0 spiro atoms. The minimum atomic E-state index is -4.72. The van der Waals surface area contributed by atoms with E-state index in [0.29, 0.717) is 44.9 Å². The summed E-state index contributed by atoms with van der Waals surface area (Å²) in [7, 11) is -9.43. The molecular weight excluding hydrogens is 1430 g/mol. The van der Waals surface area contributed by atoms with E-state index in [1.807, 2.05) is 0 Å². The molecule has 8 unspecified atom stereocenters. The molecule has 0 radical (unpaired) electrons. The van der Waals surface area contributed by atoms with Crippen molar-refractivity contribution in [2.24, 2.45) is 0 Å². The van der Waals surface area contributed by atoms with Gasteiger partial charge in [0, 0.05) is 39.0 Å². The predicted octanol–water partition coefficient (Wildman–Crippen LogP) is 20.6. The number of phosphoric ester groups is 2. The normalized spacial score (nSPS) is 14.7. The van der Waals surface area contributed by atoms with Gasteiger partial charge in [-0.3, -0.25) is 42.6 Å². The first-order valence-electron chi connectivity index (χ1n) is 44.4. The van der Waals surface area contributed by atoms with E-state index in [0.717, 1.165) is 154 Å². The zero-order chi connectivity index (χ0) is 80.0. The highest BCUT2D eigenvalue weighted by molar-refractivity contribution is 7.47. The van der Waals surface area contributed by atoms with Crippen LogP contribution in [-0.4, -0.2) is 146 Å². The van der Waals surface area contributed by atoms with Crippen molar-refractivity contribution in [1.29, 1.82) is 0 Å². The van der Waals surface area contributed by atoms with Crippen molar-refractivity contribution in [1.82, 2.24) is 21.3 Å². The molecule has 0 fully saturated rings. The van der Waals surface area contributed by atoms with E-state index >= 15 is 0 Å². The summed E-state index contributed by atoms with van der Waals surface area (Å²) in [6.07, 6.45) is 61.1. The maximum absolute atomic E-state index is 13.3. The highest BCUT2D eigenvalue weighted by Gasteiger charge is 2.27. The van der Waals surface area contributed by atoms with Crippen LogP contribution in [0.4, 0.5) is 0 Å². The second-order valence-electron chi connectivity index (χ2n) is 30.2. The Hall–Kier alpha value is -2.66. The number of nitrogens with one attached hydrogen (secondary N) is 4. The quantitative estimate of drug-likeness (QED) is 0.00701. The summed E-state index contributed by atoms with van der Waals surface area (Å²) < 4.78 is 71.8. The van der Waals surface area contributed by atoms with Crippen LogP contribution < -0.4 is 21.3 Å². The minimum Gasteiger partial charge on any atom is -0.462 e. The Kier molecular flexibility index (Phi) is 77.3. The summed E-state index contributed by atoms with van der Waals surface area (Å²) in [5.41, 5.74) is 0. The largest absolute Gasteiger partial charge is 0.472 e. The van der Waals surface area contributed by atoms with E-state index in [9.17, 15) is 48.3 Å². The van der Waals surface area contributed by atoms with Crippen molar-refractivity contribution in [3.8, 4) is 0 Å². The highest BCUT2D eigenvalue weighted by Crippen LogP contribution is 2.44. The first-order valence-corrected chi connectivity index (χ1v) is 47.4. The highest BCUT2D eigenvalue weighted by atomic mass is 31.2. The molecule has 109 heavy (non-hydrogen) atoms. The average molecular weight is 1590 g/mol. The zero-order valence-electron chi connectivity index (χ0n) is 70.1. The Morgan fingerprint density at radius 1 is 0.358 bits per heavy atom. The molecule has 8 atom stereocenters. The van der Waals surface area contributed by atoms with Gasteiger partial charge in [0.2, 0.25) is 17.7 Å². The number of esters is 1. The van der Waals surface area contributed by atoms with Gasteiger partial charge in [0.15, 0.2) is 6.29 Å². The second-order valence-corrected chi connectivity index (χ2v) is 33.2. The SMILES string of the molecule is CCCCCC/C=C\CCCC(=O)OC(CCCCCCC)CCOCC(COP(=O)(O)OCCNC(=O)CC(=O)NCCOP(=O)(O)OCC(COCCC(CCCCCCC)OC(O)CCC/C=C\CCCCCC)NC(=O)CCCCCCCCCCCCC)NC(O)CCCCCCCCCCCCC. The predicted molar refractivity (Wildman–Crippen MR) is 443 cm³/mol. The van der Waals surface area contributed by atoms with Gasteiger partial charge in [-0.2, -0.15) is 0 Å². The Morgan fingerprint density at radius 2 is 0.725 bits per heavy atom. The van der Waals surface area contributed by atoms with E-state index < -0.39 is 78.3 Å². The van der Waals surface area contributed by atoms with Crippen LogP contribution in [0.2, 0.25) is 0 Å². The number of unbranched alkanes of at least 4 members (excludes halogenated alkanes) is 38. The summed E-state index contributed by atoms with van der Waals surface area (Å²) in [6, 6.07) is -1.53. The van der Waals surface area contributed by atoms with Crippen molar-refractivity contribution in [2.75, 3.05) is 65.9 Å². The molecule has 644 valence electrons. The number of aliphatic hydroxyl groups excluding tert-OH is 2. The molecule has 0 aliphatic heterocycles. The van der Waals surface area contributed by atoms with Crippen LogP contribution in [0.1, 0.15) is 395 Å². The lowest BCUT2D eigenvalue weighted by molar-refractivity contribution is -0.150. The molecule has 0 bridgehead atoms. The van der Waals surface area contributed by atoms with Crippen LogP contribution in [0.3, 0.4) is 0 Å². The van der Waals surface area contributed by atoms with Crippen molar-refractivity contribution in [3.63, 3.8) is 0 Å². The third-order valence-electron chi connectivity index (χ3n) is 19.5. The molecule has 0 aromatic carbocycles. The van der Waals surface area contributed by atoms with Gasteiger partial charge in [-0.15, -0.1) is 0 Å². The van der Waals surface area contributed by atoms with Gasteiger partial charge in [-0.25, -0.2) is 9.13 Å². The maximum Gasteiger partial charge on any atom is 0.472 e. The molecule has 0 heterocycles. The Bertz CT molecular complexity index is 2220. The van der Waals surface area contributed by atoms with Crippen molar-refractivity contribution in [3.05, 3.63) is 24.3 Å². The number of rotatable bonds is 86. The van der Waals surface area contributed by atoms with Crippen LogP contribution >= 0.6 is 15.6 Å². The smallest absolute Gasteiger partial charge is 0.462 e. The molecule has 0 aromatic heterocycles. The van der Waals surface area contributed by atoms with E-state index in [-0.39, 0.29) is 76.6 Å². The summed E-state index contributed by atoms with van der Waals surface area (Å²) in [4.78, 5) is 73.2. The average Bonchev–Trinajstić information content (AvgIpc) is 0.933. The van der Waals surface area contributed by atoms with Crippen LogP contribution in [0.5, 0.6) is 0 Å². The number of aliphatic hydroxyl groups is 2. The van der Waals surface area contributed by atoms with Crippen LogP contribution in [0.25, 0.3) is 0 Å². The second kappa shape index (κ2) is 79.2. The number of phosphoric acid groups is 2. The van der Waals surface area contributed by atoms with Crippen molar-refractivity contribution < 1.29 is 85.4 Å². The topological polar surface area (TPSA) is 305 Å². The van der Waals surface area contributed by atoms with E-state index in [4.69, 9.17) is 37.0 Å². The van der Waals surface area contributed by atoms with Gasteiger partial charge < -0.3 is 54.9 Å². The summed E-state index contributed by atoms with van der Waals surface area (Å²) in [6.45, 7) is 11.5. The molecule has 0 saturated heterocycles. The standard InChI is InChI=1S/C85H166N4O18P2/c1-7-13-19-25-29-33-35-39-41-47-53-59-80(90)88-76(72-100-67-63-78(57-51-45-23-17-11-5)106-84(94)61-55-49-43-37-31-27-21-15-9-3)74-104-108(96,97)102-69-65-86-82(92)71-83(93)87-66-70-103-109(98,99)105-75-77(89-81(91)60-54-48-42-40-36-34-30-26-20-14-8-2)73-101-68-64-79(58-52-46-24-18-12-6)107-85(95)62-56-50-44-38-32-28-22-16-10-4/h37-38,43-44,76-80,85,88,90,95H,7-36,39-42,45-75H2,1-6H3,(H,86,92)(H,87,93)(H,89,91)(H,96,97)(H,98,99)/b43-37-,44-38-. The third kappa shape index (κ3) is 76.4. The Labute approximate surface area is 664 Å². The molecule has 3 amide bonds. The van der Waals surface area contributed by atoms with Gasteiger partial charge in [0.1, 0.15) is 18.8 Å². The minimum absolute atomic E-state index is 0.00913. The monoisotopic (exact) mass is 1590 g/mol. The number of allylic oxidation sites excluding steroid dienone is 4. The van der Waals surface area contributed by atoms with Crippen LogP contribution in [0.15, 0.2) is 24.3 Å². The summed E-state index contributed by atoms with van der Waals surface area (Å²) in [5.74, 6) is -1.91. The first kappa shape index (κ1) is 106. The molecule has 24 heteroatoms. The molecule has 22 nitrogen and oxygen atoms in total. The molecule has 0 aromatic rings. The summed E-state index contributed by atoms with van der Waals surface area (Å²) >= 11 is 0. The van der Waals surface area contributed by atoms with Gasteiger partial charge in [-0.05, 0) is 103 Å². The molecule has 0 aliphatic rings. The Balaban J connectivity index is 5.54. The van der Waals surface area contributed by atoms with Gasteiger partial charge in [0.25, 0.3) is 0 Å². The maximum atomic E-state index is 13.3. The van der Waals surface area contributed by atoms with E-state index in [2.05, 4.69) is 87.1 Å².